The van der Waals surface area contributed by atoms with Crippen LogP contribution in [0.25, 0.3) is 0 Å². The van der Waals surface area contributed by atoms with E-state index in [0.29, 0.717) is 18.8 Å². The zero-order chi connectivity index (χ0) is 15.9. The predicted molar refractivity (Wildman–Crippen MR) is 75.7 cm³/mol. The van der Waals surface area contributed by atoms with Crippen LogP contribution in [0.1, 0.15) is 39.0 Å². The van der Waals surface area contributed by atoms with Gasteiger partial charge in [0.25, 0.3) is 0 Å². The Balaban J connectivity index is 2.38. The van der Waals surface area contributed by atoms with E-state index in [9.17, 15) is 19.5 Å². The number of urea groups is 1. The highest BCUT2D eigenvalue weighted by molar-refractivity contribution is 5.78. The maximum absolute atomic E-state index is 11.6. The first kappa shape index (κ1) is 17.3. The molecule has 0 spiro atoms. The molecular formula is C14H24N2O5. The number of esters is 1. The number of carbonyl (C=O) groups excluding carboxylic acids is 2. The second kappa shape index (κ2) is 7.85. The van der Waals surface area contributed by atoms with Gasteiger partial charge < -0.3 is 20.5 Å². The Morgan fingerprint density at radius 3 is 2.38 bits per heavy atom. The average molecular weight is 300 g/mol. The van der Waals surface area contributed by atoms with E-state index in [4.69, 9.17) is 0 Å². The average Bonchev–Trinajstić information content (AvgIpc) is 2.46. The Morgan fingerprint density at radius 2 is 1.86 bits per heavy atom. The second-order valence-electron chi connectivity index (χ2n) is 5.70. The van der Waals surface area contributed by atoms with E-state index < -0.39 is 23.4 Å². The van der Waals surface area contributed by atoms with Crippen molar-refractivity contribution < 1.29 is 24.2 Å². The molecule has 1 saturated carbocycles. The fraction of sp³-hybridized carbons (Fsp3) is 0.786. The quantitative estimate of drug-likeness (QED) is 0.638. The molecule has 3 N–H and O–H groups in total. The third-order valence-corrected chi connectivity index (χ3v) is 4.11. The van der Waals surface area contributed by atoms with Crippen molar-refractivity contribution in [2.24, 2.45) is 11.3 Å². The SMILES string of the molecule is COC(=O)CCNC(=O)NCC1(C(=O)O)CCC(C)CC1. The van der Waals surface area contributed by atoms with E-state index in [-0.39, 0.29) is 19.5 Å². The predicted octanol–water partition coefficient (Wildman–Crippen LogP) is 1.13. The first-order valence-electron chi connectivity index (χ1n) is 7.21. The lowest BCUT2D eigenvalue weighted by Gasteiger charge is -2.35. The molecule has 1 rings (SSSR count). The highest BCUT2D eigenvalue weighted by atomic mass is 16.5. The Labute approximate surface area is 124 Å². The Hall–Kier alpha value is -1.79. The van der Waals surface area contributed by atoms with Crippen molar-refractivity contribution >= 4 is 18.0 Å². The summed E-state index contributed by atoms with van der Waals surface area (Å²) in [4.78, 5) is 34.0. The van der Waals surface area contributed by atoms with Gasteiger partial charge in [0.1, 0.15) is 0 Å². The van der Waals surface area contributed by atoms with Crippen LogP contribution in [0.4, 0.5) is 4.79 Å². The summed E-state index contributed by atoms with van der Waals surface area (Å²) in [5.41, 5.74) is -0.869. The van der Waals surface area contributed by atoms with E-state index >= 15 is 0 Å². The molecule has 120 valence electrons. The number of carbonyl (C=O) groups is 3. The smallest absolute Gasteiger partial charge is 0.314 e. The molecule has 7 nitrogen and oxygen atoms in total. The van der Waals surface area contributed by atoms with Gasteiger partial charge in [-0.1, -0.05) is 6.92 Å². The zero-order valence-corrected chi connectivity index (χ0v) is 12.6. The molecule has 0 atom stereocenters. The Morgan fingerprint density at radius 1 is 1.24 bits per heavy atom. The summed E-state index contributed by atoms with van der Waals surface area (Å²) in [6.07, 6.45) is 2.96. The largest absolute Gasteiger partial charge is 0.481 e. The number of rotatable bonds is 6. The lowest BCUT2D eigenvalue weighted by atomic mass is 9.71. The molecule has 1 fully saturated rings. The first-order chi connectivity index (χ1) is 9.89. The van der Waals surface area contributed by atoms with Crippen LogP contribution in [0.5, 0.6) is 0 Å². The summed E-state index contributed by atoms with van der Waals surface area (Å²) in [6.45, 7) is 2.38. The summed E-state index contributed by atoms with van der Waals surface area (Å²) in [7, 11) is 1.28. The van der Waals surface area contributed by atoms with E-state index in [0.717, 1.165) is 12.8 Å². The number of methoxy groups -OCH3 is 1. The number of aliphatic carboxylic acids is 1. The highest BCUT2D eigenvalue weighted by Crippen LogP contribution is 2.38. The third-order valence-electron chi connectivity index (χ3n) is 4.11. The summed E-state index contributed by atoms with van der Waals surface area (Å²) in [5.74, 6) is -0.728. The van der Waals surface area contributed by atoms with E-state index in [2.05, 4.69) is 22.3 Å². The van der Waals surface area contributed by atoms with E-state index in [1.54, 1.807) is 0 Å². The normalized spacial score (nSPS) is 25.0. The van der Waals surface area contributed by atoms with Gasteiger partial charge in [-0.15, -0.1) is 0 Å². The highest BCUT2D eigenvalue weighted by Gasteiger charge is 2.41. The van der Waals surface area contributed by atoms with Crippen molar-refractivity contribution in [3.63, 3.8) is 0 Å². The molecule has 21 heavy (non-hydrogen) atoms. The van der Waals surface area contributed by atoms with Crippen LogP contribution < -0.4 is 10.6 Å². The maximum Gasteiger partial charge on any atom is 0.314 e. The van der Waals surface area contributed by atoms with Gasteiger partial charge in [-0.2, -0.15) is 0 Å². The van der Waals surface area contributed by atoms with Crippen LogP contribution in [0.2, 0.25) is 0 Å². The van der Waals surface area contributed by atoms with Crippen molar-refractivity contribution in [2.75, 3.05) is 20.2 Å². The summed E-state index contributed by atoms with van der Waals surface area (Å²) < 4.78 is 4.46. The van der Waals surface area contributed by atoms with Crippen molar-refractivity contribution in [2.45, 2.75) is 39.0 Å². The molecule has 0 unspecified atom stereocenters. The zero-order valence-electron chi connectivity index (χ0n) is 12.6. The van der Waals surface area contributed by atoms with Crippen LogP contribution in [0, 0.1) is 11.3 Å². The minimum atomic E-state index is -0.869. The molecule has 7 heteroatoms. The minimum absolute atomic E-state index is 0.0888. The van der Waals surface area contributed by atoms with Crippen molar-refractivity contribution in [3.05, 3.63) is 0 Å². The van der Waals surface area contributed by atoms with Crippen molar-refractivity contribution in [1.82, 2.24) is 10.6 Å². The number of hydrogen-bond acceptors (Lipinski definition) is 4. The third kappa shape index (κ3) is 5.24. The topological polar surface area (TPSA) is 105 Å². The van der Waals surface area contributed by atoms with Gasteiger partial charge >= 0.3 is 18.0 Å². The number of hydrogen-bond donors (Lipinski definition) is 3. The molecule has 0 aromatic heterocycles. The fourth-order valence-corrected chi connectivity index (χ4v) is 2.47. The van der Waals surface area contributed by atoms with Gasteiger partial charge in [-0.25, -0.2) is 4.79 Å². The molecule has 0 aromatic carbocycles. The van der Waals surface area contributed by atoms with Gasteiger partial charge in [0.05, 0.1) is 18.9 Å². The van der Waals surface area contributed by atoms with Crippen LogP contribution in [-0.4, -0.2) is 43.3 Å². The Kier molecular flexibility index (Phi) is 6.45. The van der Waals surface area contributed by atoms with Gasteiger partial charge in [0.15, 0.2) is 0 Å². The minimum Gasteiger partial charge on any atom is -0.481 e. The summed E-state index contributed by atoms with van der Waals surface area (Å²) >= 11 is 0. The lowest BCUT2D eigenvalue weighted by molar-refractivity contribution is -0.151. The maximum atomic E-state index is 11.6. The van der Waals surface area contributed by atoms with Crippen LogP contribution in [-0.2, 0) is 14.3 Å². The van der Waals surface area contributed by atoms with Crippen molar-refractivity contribution in [3.8, 4) is 0 Å². The number of amides is 2. The van der Waals surface area contributed by atoms with Crippen LogP contribution in [0.15, 0.2) is 0 Å². The van der Waals surface area contributed by atoms with Crippen LogP contribution >= 0.6 is 0 Å². The molecule has 0 aromatic rings. The number of carboxylic acids is 1. The molecular weight excluding hydrogens is 276 g/mol. The van der Waals surface area contributed by atoms with Crippen LogP contribution in [0.3, 0.4) is 0 Å². The fourth-order valence-electron chi connectivity index (χ4n) is 2.47. The molecule has 2 amide bonds. The summed E-state index contributed by atoms with van der Waals surface area (Å²) in [6, 6.07) is -0.460. The van der Waals surface area contributed by atoms with Gasteiger partial charge in [-0.3, -0.25) is 9.59 Å². The van der Waals surface area contributed by atoms with Gasteiger partial charge in [0.2, 0.25) is 0 Å². The number of nitrogens with one attached hydrogen (secondary N) is 2. The monoisotopic (exact) mass is 300 g/mol. The standard InChI is InChI=1S/C14H24N2O5/c1-10-3-6-14(7-4-10,12(18)19)9-16-13(20)15-8-5-11(17)21-2/h10H,3-9H2,1-2H3,(H,18,19)(H2,15,16,20). The Bertz CT molecular complexity index is 389. The molecule has 0 saturated heterocycles. The van der Waals surface area contributed by atoms with E-state index in [1.165, 1.54) is 7.11 Å². The number of ether oxygens (including phenoxy) is 1. The van der Waals surface area contributed by atoms with Crippen molar-refractivity contribution in [1.29, 1.82) is 0 Å². The number of carboxylic acid groups (broad SMARTS) is 1. The second-order valence-corrected chi connectivity index (χ2v) is 5.70. The molecule has 1 aliphatic rings. The molecule has 0 radical (unpaired) electrons. The molecule has 0 aliphatic heterocycles. The molecule has 0 bridgehead atoms. The van der Waals surface area contributed by atoms with E-state index in [1.807, 2.05) is 0 Å². The first-order valence-corrected chi connectivity index (χ1v) is 7.21. The molecule has 1 aliphatic carbocycles. The lowest BCUT2D eigenvalue weighted by Crippen LogP contribution is -2.48. The van der Waals surface area contributed by atoms with Gasteiger partial charge in [0, 0.05) is 13.1 Å². The van der Waals surface area contributed by atoms with Gasteiger partial charge in [-0.05, 0) is 31.6 Å². The molecule has 0 heterocycles. The summed E-state index contributed by atoms with van der Waals surface area (Å²) in [5, 5.41) is 14.5.